The standard InChI is InChI=1S/C18H27NO4/c1-18(2,3)23-17(22)19-10-8-13(9-11-19)12-14-6-4-5-7-15(14)16(20)21/h4-7,13,17,22H,8-12H2,1-3H3,(H,20,21). The summed E-state index contributed by atoms with van der Waals surface area (Å²) < 4.78 is 5.58. The van der Waals surface area contributed by atoms with Gasteiger partial charge < -0.3 is 14.9 Å². The third-order valence-corrected chi connectivity index (χ3v) is 4.18. The lowest BCUT2D eigenvalue weighted by molar-refractivity contribution is -0.243. The molecule has 1 unspecified atom stereocenters. The fourth-order valence-electron chi connectivity index (χ4n) is 2.99. The van der Waals surface area contributed by atoms with Crippen LogP contribution in [0.5, 0.6) is 0 Å². The average molecular weight is 321 g/mol. The van der Waals surface area contributed by atoms with Crippen LogP contribution in [0.2, 0.25) is 0 Å². The van der Waals surface area contributed by atoms with Gasteiger partial charge in [0.25, 0.3) is 0 Å². The van der Waals surface area contributed by atoms with Crippen LogP contribution in [0.25, 0.3) is 0 Å². The van der Waals surface area contributed by atoms with Crippen LogP contribution in [0.3, 0.4) is 0 Å². The lowest BCUT2D eigenvalue weighted by Gasteiger charge is -2.37. The van der Waals surface area contributed by atoms with E-state index in [4.69, 9.17) is 4.74 Å². The number of aromatic carboxylic acids is 1. The van der Waals surface area contributed by atoms with Gasteiger partial charge in [-0.25, -0.2) is 4.79 Å². The van der Waals surface area contributed by atoms with Crippen molar-refractivity contribution in [2.24, 2.45) is 5.92 Å². The second-order valence-corrected chi connectivity index (χ2v) is 7.20. The number of hydrogen-bond donors (Lipinski definition) is 2. The van der Waals surface area contributed by atoms with Gasteiger partial charge in [0.2, 0.25) is 6.41 Å². The number of rotatable bonds is 5. The summed E-state index contributed by atoms with van der Waals surface area (Å²) in [6.07, 6.45) is 1.76. The van der Waals surface area contributed by atoms with Gasteiger partial charge in [-0.1, -0.05) is 18.2 Å². The number of hydrogen-bond acceptors (Lipinski definition) is 4. The molecular weight excluding hydrogens is 294 g/mol. The maximum absolute atomic E-state index is 11.3. The quantitative estimate of drug-likeness (QED) is 0.816. The van der Waals surface area contributed by atoms with Crippen molar-refractivity contribution in [1.29, 1.82) is 0 Å². The predicted octanol–water partition coefficient (Wildman–Crippen LogP) is 2.73. The molecule has 0 amide bonds. The zero-order valence-corrected chi connectivity index (χ0v) is 14.2. The number of benzene rings is 1. The monoisotopic (exact) mass is 321 g/mol. The molecule has 1 saturated heterocycles. The highest BCUT2D eigenvalue weighted by atomic mass is 16.6. The molecule has 2 N–H and O–H groups in total. The Labute approximate surface area is 137 Å². The number of ether oxygens (including phenoxy) is 1. The topological polar surface area (TPSA) is 70.0 Å². The van der Waals surface area contributed by atoms with Crippen molar-refractivity contribution in [2.75, 3.05) is 13.1 Å². The number of carboxylic acids is 1. The number of nitrogens with zero attached hydrogens (tertiary/aromatic N) is 1. The van der Waals surface area contributed by atoms with Crippen LogP contribution in [0, 0.1) is 5.92 Å². The molecule has 0 aliphatic carbocycles. The second kappa shape index (κ2) is 7.43. The number of likely N-dealkylation sites (tertiary alicyclic amines) is 1. The van der Waals surface area contributed by atoms with Crippen LogP contribution in [-0.2, 0) is 11.2 Å². The number of aliphatic hydroxyl groups is 1. The summed E-state index contributed by atoms with van der Waals surface area (Å²) in [6, 6.07) is 7.20. The third kappa shape index (κ3) is 5.30. The van der Waals surface area contributed by atoms with Crippen LogP contribution < -0.4 is 0 Å². The second-order valence-electron chi connectivity index (χ2n) is 7.20. The van der Waals surface area contributed by atoms with Crippen molar-refractivity contribution in [3.05, 3.63) is 35.4 Å². The highest BCUT2D eigenvalue weighted by Crippen LogP contribution is 2.25. The largest absolute Gasteiger partial charge is 0.478 e. The molecule has 128 valence electrons. The normalized spacial score (nSPS) is 18.8. The van der Waals surface area contributed by atoms with Gasteiger partial charge >= 0.3 is 5.97 Å². The SMILES string of the molecule is CC(C)(C)OC(O)N1CCC(Cc2ccccc2C(=O)O)CC1. The summed E-state index contributed by atoms with van der Waals surface area (Å²) in [4.78, 5) is 13.2. The smallest absolute Gasteiger partial charge is 0.335 e. The molecule has 1 aromatic carbocycles. The summed E-state index contributed by atoms with van der Waals surface area (Å²) in [5.74, 6) is -0.430. The van der Waals surface area contributed by atoms with E-state index < -0.39 is 12.4 Å². The number of piperidine rings is 1. The first-order valence-electron chi connectivity index (χ1n) is 8.17. The molecule has 0 spiro atoms. The van der Waals surface area contributed by atoms with Crippen molar-refractivity contribution in [3.8, 4) is 0 Å². The van der Waals surface area contributed by atoms with Crippen molar-refractivity contribution in [1.82, 2.24) is 4.90 Å². The van der Waals surface area contributed by atoms with Crippen molar-refractivity contribution < 1.29 is 19.7 Å². The Morgan fingerprint density at radius 2 is 1.91 bits per heavy atom. The Balaban J connectivity index is 1.89. The maximum atomic E-state index is 11.3. The molecule has 1 fully saturated rings. The number of carboxylic acid groups (broad SMARTS) is 1. The first-order chi connectivity index (χ1) is 10.8. The highest BCUT2D eigenvalue weighted by molar-refractivity contribution is 5.89. The molecule has 1 aliphatic rings. The summed E-state index contributed by atoms with van der Waals surface area (Å²) in [5, 5.41) is 19.4. The minimum atomic E-state index is -0.873. The van der Waals surface area contributed by atoms with Crippen LogP contribution in [0.15, 0.2) is 24.3 Å². The van der Waals surface area contributed by atoms with Gasteiger partial charge in [0.15, 0.2) is 0 Å². The Kier molecular flexibility index (Phi) is 5.79. The van der Waals surface area contributed by atoms with Crippen molar-refractivity contribution in [2.45, 2.75) is 52.0 Å². The van der Waals surface area contributed by atoms with E-state index in [9.17, 15) is 15.0 Å². The lowest BCUT2D eigenvalue weighted by atomic mass is 9.88. The third-order valence-electron chi connectivity index (χ3n) is 4.18. The van der Waals surface area contributed by atoms with Gasteiger partial charge in [0, 0.05) is 13.1 Å². The summed E-state index contributed by atoms with van der Waals surface area (Å²) in [6.45, 7) is 7.29. The summed E-state index contributed by atoms with van der Waals surface area (Å²) >= 11 is 0. The first-order valence-corrected chi connectivity index (χ1v) is 8.17. The zero-order chi connectivity index (χ0) is 17.0. The molecule has 2 rings (SSSR count). The van der Waals surface area contributed by atoms with Crippen LogP contribution in [0.4, 0.5) is 0 Å². The van der Waals surface area contributed by atoms with Gasteiger partial charge in [-0.2, -0.15) is 0 Å². The molecule has 0 radical (unpaired) electrons. The molecule has 23 heavy (non-hydrogen) atoms. The van der Waals surface area contributed by atoms with E-state index in [1.807, 2.05) is 37.8 Å². The number of carbonyl (C=O) groups is 1. The lowest BCUT2D eigenvalue weighted by Crippen LogP contribution is -2.46. The maximum Gasteiger partial charge on any atom is 0.335 e. The summed E-state index contributed by atoms with van der Waals surface area (Å²) in [7, 11) is 0. The first kappa shape index (κ1) is 17.9. The van der Waals surface area contributed by atoms with E-state index in [-0.39, 0.29) is 5.60 Å². The van der Waals surface area contributed by atoms with E-state index in [1.54, 1.807) is 12.1 Å². The average Bonchev–Trinajstić information content (AvgIpc) is 2.46. The van der Waals surface area contributed by atoms with Gasteiger partial charge in [0.05, 0.1) is 11.2 Å². The highest BCUT2D eigenvalue weighted by Gasteiger charge is 2.27. The van der Waals surface area contributed by atoms with E-state index >= 15 is 0 Å². The molecule has 1 aromatic rings. The van der Waals surface area contributed by atoms with E-state index in [0.717, 1.165) is 37.9 Å². The van der Waals surface area contributed by atoms with Gasteiger partial charge in [-0.15, -0.1) is 0 Å². The molecular formula is C18H27NO4. The Morgan fingerprint density at radius 3 is 2.48 bits per heavy atom. The molecule has 1 aliphatic heterocycles. The molecule has 5 heteroatoms. The van der Waals surface area contributed by atoms with Crippen molar-refractivity contribution in [3.63, 3.8) is 0 Å². The van der Waals surface area contributed by atoms with Crippen molar-refractivity contribution >= 4 is 5.97 Å². The Morgan fingerprint density at radius 1 is 1.30 bits per heavy atom. The van der Waals surface area contributed by atoms with Crippen LogP contribution in [-0.4, -0.2) is 46.2 Å². The molecule has 5 nitrogen and oxygen atoms in total. The minimum Gasteiger partial charge on any atom is -0.478 e. The zero-order valence-electron chi connectivity index (χ0n) is 14.2. The molecule has 0 saturated carbocycles. The summed E-state index contributed by atoms with van der Waals surface area (Å²) in [5.41, 5.74) is 0.910. The Hall–Kier alpha value is -1.43. The van der Waals surface area contributed by atoms with Gasteiger partial charge in [-0.3, -0.25) is 4.90 Å². The fourth-order valence-corrected chi connectivity index (χ4v) is 2.99. The van der Waals surface area contributed by atoms with E-state index in [0.29, 0.717) is 11.5 Å². The molecule has 0 aromatic heterocycles. The number of aliphatic hydroxyl groups excluding tert-OH is 1. The molecule has 0 bridgehead atoms. The van der Waals surface area contributed by atoms with E-state index in [1.165, 1.54) is 0 Å². The van der Waals surface area contributed by atoms with Gasteiger partial charge in [-0.05, 0) is 57.6 Å². The van der Waals surface area contributed by atoms with Crippen LogP contribution >= 0.6 is 0 Å². The minimum absolute atomic E-state index is 0.378. The molecule has 1 heterocycles. The van der Waals surface area contributed by atoms with Gasteiger partial charge in [0.1, 0.15) is 0 Å². The van der Waals surface area contributed by atoms with E-state index in [2.05, 4.69) is 0 Å². The fraction of sp³-hybridized carbons (Fsp3) is 0.611. The predicted molar refractivity (Wildman–Crippen MR) is 88.2 cm³/mol. The molecule has 1 atom stereocenters. The van der Waals surface area contributed by atoms with Crippen LogP contribution in [0.1, 0.15) is 49.5 Å². The Bertz CT molecular complexity index is 530.